The normalized spacial score (nSPS) is 28.8. The van der Waals surface area contributed by atoms with Crippen molar-refractivity contribution >= 4 is 5.91 Å². The van der Waals surface area contributed by atoms with Crippen LogP contribution in [0.2, 0.25) is 0 Å². The third kappa shape index (κ3) is 1.22. The van der Waals surface area contributed by atoms with Gasteiger partial charge in [-0.15, -0.1) is 0 Å². The zero-order valence-corrected chi connectivity index (χ0v) is 6.69. The summed E-state index contributed by atoms with van der Waals surface area (Å²) in [6, 6.07) is 0. The van der Waals surface area contributed by atoms with Crippen molar-refractivity contribution in [2.45, 2.75) is 6.17 Å². The second-order valence-corrected chi connectivity index (χ2v) is 2.62. The molecule has 1 atom stereocenters. The van der Waals surface area contributed by atoms with E-state index in [9.17, 15) is 4.79 Å². The molecular weight excluding hydrogens is 178 g/mol. The number of hydroxylamine groups is 1. The van der Waals surface area contributed by atoms with Crippen molar-refractivity contribution in [2.24, 2.45) is 5.73 Å². The van der Waals surface area contributed by atoms with Crippen LogP contribution in [0, 0.1) is 0 Å². The summed E-state index contributed by atoms with van der Waals surface area (Å²) in [5, 5.41) is 9.58. The van der Waals surface area contributed by atoms with Gasteiger partial charge in [-0.1, -0.05) is 5.17 Å². The zero-order valence-electron chi connectivity index (χ0n) is 6.69. The molecule has 0 aromatic rings. The fourth-order valence-electron chi connectivity index (χ4n) is 1.16. The summed E-state index contributed by atoms with van der Waals surface area (Å²) in [5.74, 6) is -0.347. The van der Waals surface area contributed by atoms with Gasteiger partial charge in [0.2, 0.25) is 5.76 Å². The van der Waals surface area contributed by atoms with Gasteiger partial charge in [0.05, 0.1) is 0 Å². The number of carbonyl (C=O) groups excluding carboxylic acids is 1. The SMILES string of the molecule is NC1C2=C(OCCO2)C(=O)NN1O. The molecule has 2 heterocycles. The zero-order chi connectivity index (χ0) is 9.42. The predicted molar refractivity (Wildman–Crippen MR) is 38.7 cm³/mol. The minimum Gasteiger partial charge on any atom is -0.487 e. The van der Waals surface area contributed by atoms with Crippen molar-refractivity contribution < 1.29 is 19.5 Å². The maximum absolute atomic E-state index is 11.2. The summed E-state index contributed by atoms with van der Waals surface area (Å²) in [4.78, 5) is 11.2. The largest absolute Gasteiger partial charge is 0.487 e. The van der Waals surface area contributed by atoms with Crippen molar-refractivity contribution in [1.29, 1.82) is 0 Å². The highest BCUT2D eigenvalue weighted by Crippen LogP contribution is 2.20. The number of ether oxygens (including phenoxy) is 2. The number of carbonyl (C=O) groups is 1. The Bertz CT molecular complexity index is 277. The molecule has 0 aromatic heterocycles. The first-order valence-corrected chi connectivity index (χ1v) is 3.74. The fourth-order valence-corrected chi connectivity index (χ4v) is 1.16. The molecule has 7 heteroatoms. The molecule has 2 aliphatic rings. The molecular formula is C6H9N3O4. The average molecular weight is 187 g/mol. The Balaban J connectivity index is 2.35. The summed E-state index contributed by atoms with van der Waals surface area (Å²) < 4.78 is 10.1. The Morgan fingerprint density at radius 1 is 1.54 bits per heavy atom. The van der Waals surface area contributed by atoms with Crippen LogP contribution >= 0.6 is 0 Å². The molecule has 0 aliphatic carbocycles. The van der Waals surface area contributed by atoms with Gasteiger partial charge < -0.3 is 15.2 Å². The standard InChI is InChI=1S/C6H9N3O4/c7-5-3-4(13-2-1-12-3)6(10)8-9(5)11/h5,11H,1-2,7H2,(H,8,10). The number of hydrogen-bond donors (Lipinski definition) is 3. The van der Waals surface area contributed by atoms with Crippen LogP contribution in [0.5, 0.6) is 0 Å². The minimum atomic E-state index is -0.909. The molecule has 0 bridgehead atoms. The summed E-state index contributed by atoms with van der Waals surface area (Å²) in [6.45, 7) is 0.637. The van der Waals surface area contributed by atoms with Gasteiger partial charge in [0.1, 0.15) is 13.2 Å². The monoisotopic (exact) mass is 187 g/mol. The highest BCUT2D eigenvalue weighted by molar-refractivity contribution is 5.92. The molecule has 13 heavy (non-hydrogen) atoms. The van der Waals surface area contributed by atoms with E-state index in [1.165, 1.54) is 0 Å². The van der Waals surface area contributed by atoms with E-state index in [-0.39, 0.29) is 11.5 Å². The highest BCUT2D eigenvalue weighted by atomic mass is 16.6. The second-order valence-electron chi connectivity index (χ2n) is 2.62. The highest BCUT2D eigenvalue weighted by Gasteiger charge is 2.36. The van der Waals surface area contributed by atoms with Crippen LogP contribution in [0.25, 0.3) is 0 Å². The number of hydrazine groups is 1. The van der Waals surface area contributed by atoms with Crippen LogP contribution < -0.4 is 11.2 Å². The maximum atomic E-state index is 11.2. The molecule has 1 unspecified atom stereocenters. The van der Waals surface area contributed by atoms with Crippen molar-refractivity contribution in [2.75, 3.05) is 13.2 Å². The minimum absolute atomic E-state index is 0.0454. The van der Waals surface area contributed by atoms with E-state index in [2.05, 4.69) is 5.43 Å². The molecule has 2 aliphatic heterocycles. The summed E-state index contributed by atoms with van der Waals surface area (Å²) in [5.41, 5.74) is 7.58. The van der Waals surface area contributed by atoms with E-state index in [1.54, 1.807) is 0 Å². The van der Waals surface area contributed by atoms with Crippen molar-refractivity contribution in [3.63, 3.8) is 0 Å². The van der Waals surface area contributed by atoms with E-state index >= 15 is 0 Å². The van der Waals surface area contributed by atoms with Crippen LogP contribution in [0.4, 0.5) is 0 Å². The number of nitrogens with two attached hydrogens (primary N) is 1. The lowest BCUT2D eigenvalue weighted by molar-refractivity contribution is -0.191. The van der Waals surface area contributed by atoms with Crippen LogP contribution in [0.3, 0.4) is 0 Å². The summed E-state index contributed by atoms with van der Waals surface area (Å²) >= 11 is 0. The van der Waals surface area contributed by atoms with Gasteiger partial charge in [-0.05, 0) is 0 Å². The Morgan fingerprint density at radius 2 is 2.23 bits per heavy atom. The molecule has 0 radical (unpaired) electrons. The molecule has 0 fully saturated rings. The van der Waals surface area contributed by atoms with Crippen LogP contribution in [-0.4, -0.2) is 35.7 Å². The molecule has 72 valence electrons. The van der Waals surface area contributed by atoms with Crippen LogP contribution in [0.15, 0.2) is 11.5 Å². The average Bonchev–Trinajstić information content (AvgIpc) is 2.15. The lowest BCUT2D eigenvalue weighted by Crippen LogP contribution is -2.57. The predicted octanol–water partition coefficient (Wildman–Crippen LogP) is -1.73. The molecule has 0 saturated carbocycles. The third-order valence-electron chi connectivity index (χ3n) is 1.77. The maximum Gasteiger partial charge on any atom is 0.306 e. The number of rotatable bonds is 0. The first kappa shape index (κ1) is 8.30. The van der Waals surface area contributed by atoms with Gasteiger partial charge in [-0.2, -0.15) is 0 Å². The molecule has 7 nitrogen and oxygen atoms in total. The lowest BCUT2D eigenvalue weighted by Gasteiger charge is -2.33. The van der Waals surface area contributed by atoms with Gasteiger partial charge in [-0.25, -0.2) is 0 Å². The van der Waals surface area contributed by atoms with Gasteiger partial charge in [0, 0.05) is 0 Å². The smallest absolute Gasteiger partial charge is 0.306 e. The molecule has 0 spiro atoms. The van der Waals surface area contributed by atoms with Gasteiger partial charge in [0.15, 0.2) is 11.9 Å². The fraction of sp³-hybridized carbons (Fsp3) is 0.500. The Kier molecular flexibility index (Phi) is 1.83. The Morgan fingerprint density at radius 3 is 3.00 bits per heavy atom. The lowest BCUT2D eigenvalue weighted by atomic mass is 10.2. The van der Waals surface area contributed by atoms with Crippen LogP contribution in [-0.2, 0) is 14.3 Å². The van der Waals surface area contributed by atoms with Crippen molar-refractivity contribution in [3.8, 4) is 0 Å². The van der Waals surface area contributed by atoms with Crippen molar-refractivity contribution in [3.05, 3.63) is 11.5 Å². The van der Waals surface area contributed by atoms with E-state index < -0.39 is 12.1 Å². The van der Waals surface area contributed by atoms with Gasteiger partial charge >= 0.3 is 5.91 Å². The molecule has 1 amide bonds. The van der Waals surface area contributed by atoms with Gasteiger partial charge in [0.25, 0.3) is 0 Å². The van der Waals surface area contributed by atoms with E-state index in [0.29, 0.717) is 18.4 Å². The van der Waals surface area contributed by atoms with Crippen LogP contribution in [0.1, 0.15) is 0 Å². The second kappa shape index (κ2) is 2.87. The summed E-state index contributed by atoms with van der Waals surface area (Å²) in [6.07, 6.45) is -0.909. The molecule has 0 saturated heterocycles. The topological polar surface area (TPSA) is 97.0 Å². The number of hydrogen-bond acceptors (Lipinski definition) is 6. The number of nitrogens with zero attached hydrogens (tertiary/aromatic N) is 1. The quantitative estimate of drug-likeness (QED) is 0.416. The molecule has 0 aromatic carbocycles. The first-order chi connectivity index (χ1) is 6.20. The van der Waals surface area contributed by atoms with E-state index in [4.69, 9.17) is 20.4 Å². The van der Waals surface area contributed by atoms with Crippen molar-refractivity contribution in [1.82, 2.24) is 10.6 Å². The first-order valence-electron chi connectivity index (χ1n) is 3.74. The molecule has 2 rings (SSSR count). The number of amides is 1. The van der Waals surface area contributed by atoms with E-state index in [0.717, 1.165) is 0 Å². The number of nitrogens with one attached hydrogen (secondary N) is 1. The van der Waals surface area contributed by atoms with Gasteiger partial charge in [-0.3, -0.25) is 15.4 Å². The molecule has 4 N–H and O–H groups in total. The third-order valence-corrected chi connectivity index (χ3v) is 1.77. The Hall–Kier alpha value is -1.31. The Labute approximate surface area is 73.6 Å². The van der Waals surface area contributed by atoms with E-state index in [1.807, 2.05) is 0 Å². The summed E-state index contributed by atoms with van der Waals surface area (Å²) in [7, 11) is 0.